The van der Waals surface area contributed by atoms with E-state index in [0.29, 0.717) is 5.03 Å². The Bertz CT molecular complexity index is 687. The summed E-state index contributed by atoms with van der Waals surface area (Å²) in [5.41, 5.74) is 0. The lowest BCUT2D eigenvalue weighted by molar-refractivity contribution is 0.587. The summed E-state index contributed by atoms with van der Waals surface area (Å²) in [7, 11) is -3.79. The number of allylic oxidation sites excluding steroid dienone is 1. The molecule has 0 atom stereocenters. The average molecular weight is 410 g/mol. The van der Waals surface area contributed by atoms with Crippen molar-refractivity contribution in [2.45, 2.75) is 11.8 Å². The zero-order valence-corrected chi connectivity index (χ0v) is 15.2. The van der Waals surface area contributed by atoms with Gasteiger partial charge < -0.3 is 5.32 Å². The number of halogens is 2. The van der Waals surface area contributed by atoms with Gasteiger partial charge in [-0.25, -0.2) is 8.42 Å². The largest absolute Gasteiger partial charge is 0.337 e. The number of rotatable bonds is 7. The zero-order chi connectivity index (χ0) is 16.0. The highest BCUT2D eigenvalue weighted by Gasteiger charge is 2.18. The minimum absolute atomic E-state index is 0.0116. The molecule has 1 aromatic carbocycles. The highest BCUT2D eigenvalue weighted by atomic mass is 79.9. The Morgan fingerprint density at radius 2 is 2.00 bits per heavy atom. The van der Waals surface area contributed by atoms with E-state index >= 15 is 0 Å². The predicted octanol–water partition coefficient (Wildman–Crippen LogP) is 4.14. The van der Waals surface area contributed by atoms with Crippen molar-refractivity contribution in [3.8, 4) is 0 Å². The van der Waals surface area contributed by atoms with Gasteiger partial charge >= 0.3 is 0 Å². The second-order valence-corrected chi connectivity index (χ2v) is 8.33. The van der Waals surface area contributed by atoms with E-state index in [1.165, 1.54) is 23.9 Å². The van der Waals surface area contributed by atoms with Crippen molar-refractivity contribution in [2.75, 3.05) is 0 Å². The van der Waals surface area contributed by atoms with E-state index in [0.717, 1.165) is 3.81 Å². The van der Waals surface area contributed by atoms with E-state index in [2.05, 4.69) is 39.1 Å². The molecule has 0 amide bonds. The molecule has 2 N–H and O–H groups in total. The molecule has 0 fully saturated rings. The third-order valence-electron chi connectivity index (χ3n) is 2.12. The summed E-state index contributed by atoms with van der Waals surface area (Å²) < 4.78 is 27.5. The summed E-state index contributed by atoms with van der Waals surface area (Å²) in [6, 6.07) is 6.16. The fraction of sp³-hybridized carbons (Fsp3) is 0.0769. The third-order valence-corrected chi connectivity index (χ3v) is 5.74. The lowest BCUT2D eigenvalue weighted by Crippen LogP contribution is -2.30. The van der Waals surface area contributed by atoms with Crippen LogP contribution in [0, 0.1) is 0 Å². The van der Waals surface area contributed by atoms with Crippen LogP contribution in [-0.2, 0) is 10.0 Å². The van der Waals surface area contributed by atoms with E-state index < -0.39 is 10.0 Å². The molecule has 0 unspecified atom stereocenters. The quantitative estimate of drug-likeness (QED) is 0.710. The molecule has 0 aliphatic carbocycles. The first kappa shape index (κ1) is 18.2. The van der Waals surface area contributed by atoms with Gasteiger partial charge in [0.25, 0.3) is 10.0 Å². The van der Waals surface area contributed by atoms with Gasteiger partial charge in [-0.3, -0.25) is 4.72 Å². The molecule has 0 aliphatic heterocycles. The highest BCUT2D eigenvalue weighted by molar-refractivity contribution is 9.14. The van der Waals surface area contributed by atoms with E-state index in [1.54, 1.807) is 12.1 Å². The van der Waals surface area contributed by atoms with Gasteiger partial charge in [0.1, 0.15) is 10.7 Å². The maximum absolute atomic E-state index is 12.2. The van der Waals surface area contributed by atoms with Crippen LogP contribution in [0.15, 0.2) is 63.1 Å². The Morgan fingerprint density at radius 1 is 1.38 bits per heavy atom. The molecular weight excluding hydrogens is 396 g/mol. The molecule has 0 radical (unpaired) electrons. The van der Waals surface area contributed by atoms with Crippen LogP contribution in [0.2, 0.25) is 5.02 Å². The first-order valence-electron chi connectivity index (χ1n) is 5.68. The van der Waals surface area contributed by atoms with Crippen molar-refractivity contribution < 1.29 is 8.42 Å². The predicted molar refractivity (Wildman–Crippen MR) is 93.5 cm³/mol. The molecule has 0 heterocycles. The summed E-state index contributed by atoms with van der Waals surface area (Å²) in [6.45, 7) is 9.24. The van der Waals surface area contributed by atoms with Crippen LogP contribution in [0.1, 0.15) is 6.92 Å². The van der Waals surface area contributed by atoms with Crippen LogP contribution in [0.5, 0.6) is 0 Å². The van der Waals surface area contributed by atoms with Crippen LogP contribution in [0.25, 0.3) is 0 Å². The Kier molecular flexibility index (Phi) is 6.86. The molecule has 4 nitrogen and oxygen atoms in total. The first-order chi connectivity index (χ1) is 9.76. The SMILES string of the molecule is C=C(NC(=C)S/C(Br)=C\C)NS(=O)(=O)c1ccccc1Cl. The van der Waals surface area contributed by atoms with Crippen LogP contribution in [0.4, 0.5) is 0 Å². The molecule has 1 aromatic rings. The number of nitrogens with one attached hydrogen (secondary N) is 2. The number of hydrogen-bond acceptors (Lipinski definition) is 4. The molecule has 1 rings (SSSR count). The van der Waals surface area contributed by atoms with E-state index in [1.807, 2.05) is 13.0 Å². The minimum Gasteiger partial charge on any atom is -0.337 e. The van der Waals surface area contributed by atoms with Crippen molar-refractivity contribution in [2.24, 2.45) is 0 Å². The van der Waals surface area contributed by atoms with Crippen molar-refractivity contribution in [3.63, 3.8) is 0 Å². The van der Waals surface area contributed by atoms with Crippen LogP contribution >= 0.6 is 39.3 Å². The monoisotopic (exact) mass is 408 g/mol. The van der Waals surface area contributed by atoms with Gasteiger partial charge in [-0.2, -0.15) is 0 Å². The van der Waals surface area contributed by atoms with E-state index in [-0.39, 0.29) is 15.7 Å². The summed E-state index contributed by atoms with van der Waals surface area (Å²) in [4.78, 5) is -0.0116. The summed E-state index contributed by atoms with van der Waals surface area (Å²) in [6.07, 6.45) is 1.84. The number of hydrogen-bond donors (Lipinski definition) is 2. The molecule has 0 saturated carbocycles. The van der Waals surface area contributed by atoms with Gasteiger partial charge in [-0.15, -0.1) is 0 Å². The lowest BCUT2D eigenvalue weighted by atomic mass is 10.4. The maximum atomic E-state index is 12.2. The molecule has 21 heavy (non-hydrogen) atoms. The number of benzene rings is 1. The van der Waals surface area contributed by atoms with Gasteiger partial charge in [-0.1, -0.05) is 54.7 Å². The van der Waals surface area contributed by atoms with Gasteiger partial charge in [0, 0.05) is 0 Å². The third kappa shape index (κ3) is 5.78. The van der Waals surface area contributed by atoms with Gasteiger partial charge in [0.05, 0.1) is 13.9 Å². The van der Waals surface area contributed by atoms with Gasteiger partial charge in [0.15, 0.2) is 0 Å². The topological polar surface area (TPSA) is 58.2 Å². The standard InChI is InChI=1S/C13H14BrClN2O2S2/c1-4-13(14)20-10(3)16-9(2)17-21(18,19)12-8-6-5-7-11(12)15/h4-8,16-17H,2-3H2,1H3/b13-4-. The molecule has 8 heteroatoms. The van der Waals surface area contributed by atoms with Crippen molar-refractivity contribution in [3.05, 3.63) is 63.2 Å². The average Bonchev–Trinajstić information content (AvgIpc) is 2.37. The second-order valence-electron chi connectivity index (χ2n) is 3.76. The Labute approximate surface area is 142 Å². The second kappa shape index (κ2) is 7.93. The summed E-state index contributed by atoms with van der Waals surface area (Å²) in [5.74, 6) is 0.0869. The van der Waals surface area contributed by atoms with Crippen LogP contribution < -0.4 is 10.0 Å². The molecular formula is C13H14BrClN2O2S2. The Balaban J connectivity index is 2.75. The molecule has 0 aliphatic rings. The molecule has 0 spiro atoms. The first-order valence-corrected chi connectivity index (χ1v) is 9.15. The summed E-state index contributed by atoms with van der Waals surface area (Å²) >= 11 is 10.5. The van der Waals surface area contributed by atoms with E-state index in [4.69, 9.17) is 11.6 Å². The number of thioether (sulfide) groups is 1. The summed E-state index contributed by atoms with van der Waals surface area (Å²) in [5, 5.41) is 3.42. The fourth-order valence-corrected chi connectivity index (χ4v) is 3.90. The van der Waals surface area contributed by atoms with Crippen LogP contribution in [0.3, 0.4) is 0 Å². The minimum atomic E-state index is -3.79. The molecule has 0 saturated heterocycles. The zero-order valence-electron chi connectivity index (χ0n) is 11.2. The van der Waals surface area contributed by atoms with Gasteiger partial charge in [-0.05, 0) is 35.0 Å². The smallest absolute Gasteiger partial charge is 0.264 e. The van der Waals surface area contributed by atoms with Crippen molar-refractivity contribution >= 4 is 49.3 Å². The Morgan fingerprint density at radius 3 is 2.57 bits per heavy atom. The van der Waals surface area contributed by atoms with Crippen molar-refractivity contribution in [1.29, 1.82) is 0 Å². The molecule has 0 aromatic heterocycles. The van der Waals surface area contributed by atoms with Crippen LogP contribution in [-0.4, -0.2) is 8.42 Å². The lowest BCUT2D eigenvalue weighted by Gasteiger charge is -2.14. The van der Waals surface area contributed by atoms with Gasteiger partial charge in [0.2, 0.25) is 0 Å². The van der Waals surface area contributed by atoms with Crippen molar-refractivity contribution in [1.82, 2.24) is 10.0 Å². The Hall–Kier alpha value is -0.890. The highest BCUT2D eigenvalue weighted by Crippen LogP contribution is 2.27. The van der Waals surface area contributed by atoms with E-state index in [9.17, 15) is 8.42 Å². The number of sulfonamides is 1. The normalized spacial score (nSPS) is 11.9. The molecule has 114 valence electrons. The maximum Gasteiger partial charge on any atom is 0.264 e. The molecule has 0 bridgehead atoms. The fourth-order valence-electron chi connectivity index (χ4n) is 1.28.